The van der Waals surface area contributed by atoms with Crippen LogP contribution in [0.25, 0.3) is 0 Å². The minimum Gasteiger partial charge on any atom is -0.305 e. The molecule has 31 heavy (non-hydrogen) atoms. The lowest BCUT2D eigenvalue weighted by molar-refractivity contribution is 0.260. The summed E-state index contributed by atoms with van der Waals surface area (Å²) in [5.74, 6) is 0.0127. The molecule has 0 aliphatic carbocycles. The number of nitrogens with zero attached hydrogens (tertiary/aromatic N) is 2. The number of amides is 2. The Morgan fingerprint density at radius 1 is 1.00 bits per heavy atom. The summed E-state index contributed by atoms with van der Waals surface area (Å²) in [7, 11) is -7.03. The second-order valence-corrected chi connectivity index (χ2v) is 11.6. The van der Waals surface area contributed by atoms with E-state index in [-0.39, 0.29) is 21.6 Å². The van der Waals surface area contributed by atoms with Crippen LogP contribution in [0.1, 0.15) is 56.2 Å². The molecule has 0 saturated carbocycles. The van der Waals surface area contributed by atoms with E-state index >= 15 is 0 Å². The van der Waals surface area contributed by atoms with Gasteiger partial charge in [0, 0.05) is 11.9 Å². The number of hydrogen-bond acceptors (Lipinski definition) is 5. The fourth-order valence-electron chi connectivity index (χ4n) is 2.99. The second-order valence-electron chi connectivity index (χ2n) is 7.78. The highest BCUT2D eigenvalue weighted by Gasteiger charge is 2.19. The molecule has 2 rings (SSSR count). The van der Waals surface area contributed by atoms with Gasteiger partial charge < -0.3 is 5.32 Å². The first-order valence-corrected chi connectivity index (χ1v) is 13.0. The summed E-state index contributed by atoms with van der Waals surface area (Å²) >= 11 is 0. The van der Waals surface area contributed by atoms with Crippen molar-refractivity contribution in [3.05, 3.63) is 53.1 Å². The van der Waals surface area contributed by atoms with E-state index in [2.05, 4.69) is 15.7 Å². The van der Waals surface area contributed by atoms with Gasteiger partial charge in [-0.05, 0) is 59.4 Å². The molecule has 2 aromatic carbocycles. The lowest BCUT2D eigenvalue weighted by atomic mass is 9.90. The largest absolute Gasteiger partial charge is 0.354 e. The van der Waals surface area contributed by atoms with Crippen molar-refractivity contribution in [2.45, 2.75) is 49.3 Å². The number of urea groups is 1. The number of carbonyl (C=O) groups excluding carboxylic acids is 1. The first kappa shape index (κ1) is 24.5. The normalized spacial score (nSPS) is 13.5. The molecular weight excluding hydrogens is 436 g/mol. The summed E-state index contributed by atoms with van der Waals surface area (Å²) < 4.78 is 39.7. The maximum atomic E-state index is 12.8. The number of anilines is 1. The molecule has 10 heteroatoms. The predicted molar refractivity (Wildman–Crippen MR) is 121 cm³/mol. The third-order valence-corrected chi connectivity index (χ3v) is 7.13. The number of nitrogens with one attached hydrogen (secondary N) is 1. The van der Waals surface area contributed by atoms with Crippen LogP contribution in [-0.4, -0.2) is 24.9 Å². The third kappa shape index (κ3) is 5.91. The van der Waals surface area contributed by atoms with Crippen molar-refractivity contribution in [2.75, 3.05) is 11.6 Å². The van der Waals surface area contributed by atoms with Gasteiger partial charge in [-0.3, -0.25) is 0 Å². The molecule has 0 aromatic heterocycles. The molecule has 0 aliphatic heterocycles. The molecule has 0 radical (unpaired) electrons. The van der Waals surface area contributed by atoms with Gasteiger partial charge in [0.15, 0.2) is 9.84 Å². The summed E-state index contributed by atoms with van der Waals surface area (Å²) in [5, 5.41) is 17.8. The Labute approximate surface area is 183 Å². The predicted octanol–water partition coefficient (Wildman–Crippen LogP) is 4.14. The van der Waals surface area contributed by atoms with E-state index in [1.54, 1.807) is 12.1 Å². The van der Waals surface area contributed by atoms with Crippen molar-refractivity contribution in [1.29, 1.82) is 5.26 Å². The molecule has 0 aliphatic rings. The monoisotopic (exact) mass is 462 g/mol. The highest BCUT2D eigenvalue weighted by molar-refractivity contribution is 7.92. The molecule has 0 unspecified atom stereocenters. The minimum atomic E-state index is -3.61. The minimum absolute atomic E-state index is 0.00636. The zero-order chi connectivity index (χ0) is 23.6. The number of carbonyl (C=O) groups is 1. The number of nitrogens with two attached hydrogens (primary N) is 1. The smallest absolute Gasteiger partial charge is 0.305 e. The summed E-state index contributed by atoms with van der Waals surface area (Å²) in [5.41, 5.74) is 2.51. The Hall–Kier alpha value is -2.74. The molecule has 2 amide bonds. The molecule has 166 valence electrons. The number of hydrogen-bond donors (Lipinski definition) is 2. The quantitative estimate of drug-likeness (QED) is 0.686. The van der Waals surface area contributed by atoms with Gasteiger partial charge in [-0.15, -0.1) is 4.36 Å². The molecular formula is C21H26N4O4S2. The second kappa shape index (κ2) is 9.18. The van der Waals surface area contributed by atoms with E-state index in [1.165, 1.54) is 24.3 Å². The van der Waals surface area contributed by atoms with E-state index in [9.17, 15) is 22.7 Å². The van der Waals surface area contributed by atoms with E-state index in [4.69, 9.17) is 5.14 Å². The number of nitriles is 1. The first-order valence-electron chi connectivity index (χ1n) is 9.50. The molecule has 2 aromatic rings. The van der Waals surface area contributed by atoms with Crippen LogP contribution in [0.5, 0.6) is 0 Å². The summed E-state index contributed by atoms with van der Waals surface area (Å²) in [6, 6.07) is 9.72. The summed E-state index contributed by atoms with van der Waals surface area (Å²) in [4.78, 5) is 12.7. The average molecular weight is 463 g/mol. The SMILES string of the molecule is CC(C)c1cc(C#N)cc(C(C)C)c1NC(=O)N=[S@@](N)(=O)c1ccc(S(C)(=O)=O)cc1. The van der Waals surface area contributed by atoms with E-state index in [0.29, 0.717) is 11.3 Å². The van der Waals surface area contributed by atoms with E-state index in [1.807, 2.05) is 27.7 Å². The summed E-state index contributed by atoms with van der Waals surface area (Å²) in [6.45, 7) is 7.73. The molecule has 3 N–H and O–H groups in total. The number of sulfone groups is 1. The standard InChI is InChI=1S/C21H26N4O4S2/c1-13(2)18-10-15(12-22)11-19(14(3)4)20(18)24-21(26)25-31(23,29)17-8-6-16(7-9-17)30(5,27)28/h6-11,13-14H,1-5H3,(H3,23,24,25,26,29)/t31-/m1/s1. The lowest BCUT2D eigenvalue weighted by Gasteiger charge is -2.20. The summed E-state index contributed by atoms with van der Waals surface area (Å²) in [6.07, 6.45) is 1.05. The highest BCUT2D eigenvalue weighted by atomic mass is 32.2. The molecule has 0 fully saturated rings. The third-order valence-electron chi connectivity index (χ3n) is 4.61. The average Bonchev–Trinajstić information content (AvgIpc) is 2.66. The molecule has 0 heterocycles. The Morgan fingerprint density at radius 2 is 1.45 bits per heavy atom. The van der Waals surface area contributed by atoms with Crippen LogP contribution >= 0.6 is 0 Å². The van der Waals surface area contributed by atoms with Gasteiger partial charge in [0.25, 0.3) is 0 Å². The van der Waals surface area contributed by atoms with E-state index < -0.39 is 25.8 Å². The van der Waals surface area contributed by atoms with Crippen molar-refractivity contribution in [1.82, 2.24) is 0 Å². The maximum absolute atomic E-state index is 12.8. The van der Waals surface area contributed by atoms with Gasteiger partial charge in [0.2, 0.25) is 0 Å². The molecule has 1 atom stereocenters. The lowest BCUT2D eigenvalue weighted by Crippen LogP contribution is -2.19. The van der Waals surface area contributed by atoms with Crippen molar-refractivity contribution < 1.29 is 17.4 Å². The van der Waals surface area contributed by atoms with Crippen molar-refractivity contribution in [3.63, 3.8) is 0 Å². The van der Waals surface area contributed by atoms with Gasteiger partial charge >= 0.3 is 6.03 Å². The zero-order valence-electron chi connectivity index (χ0n) is 18.0. The van der Waals surface area contributed by atoms with Crippen LogP contribution in [0.3, 0.4) is 0 Å². The van der Waals surface area contributed by atoms with Crippen molar-refractivity contribution in [3.8, 4) is 6.07 Å². The van der Waals surface area contributed by atoms with Crippen molar-refractivity contribution >= 4 is 31.5 Å². The topological polar surface area (TPSA) is 142 Å². The van der Waals surface area contributed by atoms with Crippen LogP contribution in [-0.2, 0) is 19.8 Å². The first-order chi connectivity index (χ1) is 14.3. The van der Waals surface area contributed by atoms with Crippen LogP contribution in [0, 0.1) is 11.3 Å². The Balaban J connectivity index is 2.48. The number of benzene rings is 2. The maximum Gasteiger partial charge on any atom is 0.354 e. The Bertz CT molecular complexity index is 1240. The van der Waals surface area contributed by atoms with Crippen LogP contribution in [0.2, 0.25) is 0 Å². The fourth-order valence-corrected chi connectivity index (χ4v) is 4.55. The Kier molecular flexibility index (Phi) is 7.26. The van der Waals surface area contributed by atoms with Gasteiger partial charge in [-0.25, -0.2) is 22.6 Å². The van der Waals surface area contributed by atoms with Crippen LogP contribution in [0.15, 0.2) is 50.6 Å². The van der Waals surface area contributed by atoms with Crippen LogP contribution in [0.4, 0.5) is 10.5 Å². The Morgan fingerprint density at radius 3 is 1.84 bits per heavy atom. The molecule has 0 bridgehead atoms. The molecule has 8 nitrogen and oxygen atoms in total. The van der Waals surface area contributed by atoms with Gasteiger partial charge in [-0.2, -0.15) is 5.26 Å². The number of rotatable bonds is 5. The van der Waals surface area contributed by atoms with E-state index in [0.717, 1.165) is 17.4 Å². The zero-order valence-corrected chi connectivity index (χ0v) is 19.7. The highest BCUT2D eigenvalue weighted by Crippen LogP contribution is 2.34. The fraction of sp³-hybridized carbons (Fsp3) is 0.333. The molecule has 0 spiro atoms. The molecule has 0 saturated heterocycles. The van der Waals surface area contributed by atoms with Gasteiger partial charge in [0.05, 0.1) is 21.4 Å². The van der Waals surface area contributed by atoms with Gasteiger partial charge in [0.1, 0.15) is 9.92 Å². The van der Waals surface area contributed by atoms with Gasteiger partial charge in [-0.1, -0.05) is 27.7 Å². The van der Waals surface area contributed by atoms with Crippen LogP contribution < -0.4 is 10.5 Å². The van der Waals surface area contributed by atoms with Crippen molar-refractivity contribution in [2.24, 2.45) is 9.50 Å².